The molecule has 0 amide bonds. The Labute approximate surface area is 196 Å². The molecule has 0 aliphatic rings. The molecule has 5 nitrogen and oxygen atoms in total. The number of aliphatic imine (C=N–C) groups is 1. The van der Waals surface area contributed by atoms with Crippen LogP contribution in [0.25, 0.3) is 16.9 Å². The van der Waals surface area contributed by atoms with Gasteiger partial charge in [0.2, 0.25) is 0 Å². The molecule has 0 unspecified atom stereocenters. The Morgan fingerprint density at radius 2 is 1.70 bits per heavy atom. The summed E-state index contributed by atoms with van der Waals surface area (Å²) in [5, 5.41) is 3.87. The molecule has 1 heterocycles. The van der Waals surface area contributed by atoms with E-state index < -0.39 is 0 Å². The molecule has 7 heteroatoms. The molecule has 1 aromatic heterocycles. The van der Waals surface area contributed by atoms with E-state index in [0.717, 1.165) is 17.5 Å². The van der Waals surface area contributed by atoms with Gasteiger partial charge in [-0.2, -0.15) is 0 Å². The minimum atomic E-state index is -0.367. The molecule has 0 spiro atoms. The molecule has 1 N–H and O–H groups in total. The number of nitrogens with one attached hydrogen (secondary N) is 1. The number of rotatable bonds is 7. The molecule has 168 valence electrons. The molecule has 33 heavy (non-hydrogen) atoms. The lowest BCUT2D eigenvalue weighted by atomic mass is 10.0. The second-order valence-electron chi connectivity index (χ2n) is 7.55. The summed E-state index contributed by atoms with van der Waals surface area (Å²) in [5.74, 6) is 0.350. The van der Waals surface area contributed by atoms with E-state index in [-0.39, 0.29) is 11.4 Å². The van der Waals surface area contributed by atoms with Gasteiger partial charge in [-0.15, -0.1) is 0 Å². The fourth-order valence-corrected chi connectivity index (χ4v) is 3.72. The number of hydrogen-bond donors (Lipinski definition) is 1. The fraction of sp³-hybridized carbons (Fsp3) is 0.154. The molecule has 4 aromatic rings. The molecule has 0 saturated carbocycles. The first-order valence-corrected chi connectivity index (χ1v) is 10.9. The second kappa shape index (κ2) is 9.88. The summed E-state index contributed by atoms with van der Waals surface area (Å²) < 4.78 is 20.1. The Balaban J connectivity index is 1.72. The average molecular weight is 464 g/mol. The third-order valence-corrected chi connectivity index (χ3v) is 5.63. The van der Waals surface area contributed by atoms with Crippen LogP contribution >= 0.6 is 11.6 Å². The first kappa shape index (κ1) is 22.6. The Kier molecular flexibility index (Phi) is 6.75. The van der Waals surface area contributed by atoms with E-state index in [1.165, 1.54) is 16.8 Å². The van der Waals surface area contributed by atoms with Crippen LogP contribution in [0.5, 0.6) is 5.75 Å². The quantitative estimate of drug-likeness (QED) is 0.358. The monoisotopic (exact) mass is 463 g/mol. The van der Waals surface area contributed by atoms with Crippen LogP contribution in [-0.2, 0) is 6.42 Å². The Morgan fingerprint density at radius 3 is 2.33 bits per heavy atom. The molecule has 0 bridgehead atoms. The minimum absolute atomic E-state index is 0.250. The van der Waals surface area contributed by atoms with Gasteiger partial charge in [0.15, 0.2) is 0 Å². The molecular weight excluding hydrogens is 441 g/mol. The highest BCUT2D eigenvalue weighted by molar-refractivity contribution is 6.30. The SMILES string of the molecule is COc1ccc(-c2[nH]n(-c3ccc(F)cc3)c(=O)c2C(C)=NCCc2ccc(Cl)cc2)cc1. The van der Waals surface area contributed by atoms with Crippen molar-refractivity contribution in [3.63, 3.8) is 0 Å². The van der Waals surface area contributed by atoms with Gasteiger partial charge < -0.3 is 4.74 Å². The molecule has 0 saturated heterocycles. The number of halogens is 2. The smallest absolute Gasteiger partial charge is 0.280 e. The average Bonchev–Trinajstić information content (AvgIpc) is 3.18. The highest BCUT2D eigenvalue weighted by Gasteiger charge is 2.19. The lowest BCUT2D eigenvalue weighted by Crippen LogP contribution is -2.20. The standard InChI is InChI=1S/C26H23ClFN3O2/c1-17(29-16-15-18-3-7-20(27)8-4-18)24-25(19-5-13-23(33-2)14-6-19)30-31(26(24)32)22-11-9-21(28)10-12-22/h3-14,30H,15-16H2,1-2H3. The first-order chi connectivity index (χ1) is 16.0. The topological polar surface area (TPSA) is 59.4 Å². The fourth-order valence-electron chi connectivity index (χ4n) is 3.59. The van der Waals surface area contributed by atoms with Crippen molar-refractivity contribution >= 4 is 17.3 Å². The molecule has 0 fully saturated rings. The maximum Gasteiger partial charge on any atom is 0.280 e. The van der Waals surface area contributed by atoms with Crippen molar-refractivity contribution in [2.45, 2.75) is 13.3 Å². The lowest BCUT2D eigenvalue weighted by molar-refractivity contribution is 0.415. The van der Waals surface area contributed by atoms with Crippen molar-refractivity contribution in [3.05, 3.63) is 105 Å². The number of H-pyrrole nitrogens is 1. The number of aromatic nitrogens is 2. The normalized spacial score (nSPS) is 11.6. The van der Waals surface area contributed by atoms with Crippen molar-refractivity contribution in [1.82, 2.24) is 9.78 Å². The van der Waals surface area contributed by atoms with Gasteiger partial charge in [0.05, 0.1) is 24.1 Å². The third-order valence-electron chi connectivity index (χ3n) is 5.38. The van der Waals surface area contributed by atoms with Crippen LogP contribution in [0.4, 0.5) is 4.39 Å². The zero-order valence-electron chi connectivity index (χ0n) is 18.3. The van der Waals surface area contributed by atoms with Crippen LogP contribution in [0.15, 0.2) is 82.6 Å². The van der Waals surface area contributed by atoms with Crippen LogP contribution < -0.4 is 10.3 Å². The third kappa shape index (κ3) is 5.07. The van der Waals surface area contributed by atoms with Crippen molar-refractivity contribution in [3.8, 4) is 22.7 Å². The summed E-state index contributed by atoms with van der Waals surface area (Å²) in [6, 6.07) is 20.8. The number of methoxy groups -OCH3 is 1. The lowest BCUT2D eigenvalue weighted by Gasteiger charge is -2.05. The number of aromatic amines is 1. The number of ether oxygens (including phenoxy) is 1. The number of hydrogen-bond acceptors (Lipinski definition) is 3. The number of nitrogens with zero attached hydrogens (tertiary/aromatic N) is 2. The van der Waals surface area contributed by atoms with Gasteiger partial charge in [0.1, 0.15) is 11.6 Å². The van der Waals surface area contributed by atoms with Gasteiger partial charge in [-0.3, -0.25) is 14.9 Å². The molecule has 0 aliphatic carbocycles. The minimum Gasteiger partial charge on any atom is -0.497 e. The first-order valence-electron chi connectivity index (χ1n) is 10.5. The molecule has 0 aliphatic heterocycles. The van der Waals surface area contributed by atoms with E-state index in [1.807, 2.05) is 55.5 Å². The van der Waals surface area contributed by atoms with Gasteiger partial charge in [-0.1, -0.05) is 23.7 Å². The maximum absolute atomic E-state index is 13.4. The molecule has 0 radical (unpaired) electrons. The highest BCUT2D eigenvalue weighted by atomic mass is 35.5. The van der Waals surface area contributed by atoms with Crippen LogP contribution in [0.1, 0.15) is 18.1 Å². The van der Waals surface area contributed by atoms with E-state index in [9.17, 15) is 9.18 Å². The van der Waals surface area contributed by atoms with Gasteiger partial charge >= 0.3 is 0 Å². The van der Waals surface area contributed by atoms with Crippen LogP contribution in [-0.4, -0.2) is 29.1 Å². The van der Waals surface area contributed by atoms with E-state index in [1.54, 1.807) is 19.2 Å². The summed E-state index contributed by atoms with van der Waals surface area (Å²) in [7, 11) is 1.60. The summed E-state index contributed by atoms with van der Waals surface area (Å²) >= 11 is 5.95. The Bertz CT molecular complexity index is 1320. The summed E-state index contributed by atoms with van der Waals surface area (Å²) in [4.78, 5) is 18.1. The summed E-state index contributed by atoms with van der Waals surface area (Å²) in [6.07, 6.45) is 0.725. The van der Waals surface area contributed by atoms with E-state index >= 15 is 0 Å². The van der Waals surface area contributed by atoms with Gasteiger partial charge in [0.25, 0.3) is 5.56 Å². The zero-order chi connectivity index (χ0) is 23.4. The molecule has 0 atom stereocenters. The molecule has 3 aromatic carbocycles. The van der Waals surface area contributed by atoms with Crippen LogP contribution in [0, 0.1) is 5.82 Å². The highest BCUT2D eigenvalue weighted by Crippen LogP contribution is 2.24. The summed E-state index contributed by atoms with van der Waals surface area (Å²) in [6.45, 7) is 2.35. The van der Waals surface area contributed by atoms with Gasteiger partial charge in [-0.05, 0) is 79.6 Å². The predicted octanol–water partition coefficient (Wildman–Crippen LogP) is 5.69. The Hall–Kier alpha value is -3.64. The van der Waals surface area contributed by atoms with E-state index in [4.69, 9.17) is 16.3 Å². The Morgan fingerprint density at radius 1 is 1.03 bits per heavy atom. The van der Waals surface area contributed by atoms with E-state index in [0.29, 0.717) is 40.0 Å². The van der Waals surface area contributed by atoms with Crippen LogP contribution in [0.2, 0.25) is 5.02 Å². The maximum atomic E-state index is 13.4. The molecular formula is C26H23ClFN3O2. The van der Waals surface area contributed by atoms with E-state index in [2.05, 4.69) is 10.1 Å². The van der Waals surface area contributed by atoms with Crippen molar-refractivity contribution in [2.75, 3.05) is 13.7 Å². The van der Waals surface area contributed by atoms with Crippen molar-refractivity contribution < 1.29 is 9.13 Å². The summed E-state index contributed by atoms with van der Waals surface area (Å²) in [5.41, 5.74) is 3.95. The zero-order valence-corrected chi connectivity index (χ0v) is 19.1. The van der Waals surface area contributed by atoms with Gasteiger partial charge in [-0.25, -0.2) is 9.07 Å². The predicted molar refractivity (Wildman–Crippen MR) is 131 cm³/mol. The molecule has 4 rings (SSSR count). The van der Waals surface area contributed by atoms with Crippen LogP contribution in [0.3, 0.4) is 0 Å². The van der Waals surface area contributed by atoms with Crippen molar-refractivity contribution in [2.24, 2.45) is 4.99 Å². The largest absolute Gasteiger partial charge is 0.497 e. The second-order valence-corrected chi connectivity index (χ2v) is 7.99. The van der Waals surface area contributed by atoms with Gasteiger partial charge in [0, 0.05) is 22.8 Å². The van der Waals surface area contributed by atoms with Crippen molar-refractivity contribution in [1.29, 1.82) is 0 Å². The number of benzene rings is 3.